The highest BCUT2D eigenvalue weighted by atomic mass is 19.1. The normalized spacial score (nSPS) is 21.3. The predicted octanol–water partition coefficient (Wildman–Crippen LogP) is 1.15. The Morgan fingerprint density at radius 2 is 2.38 bits per heavy atom. The van der Waals surface area contributed by atoms with Gasteiger partial charge < -0.3 is 9.80 Å². The molecule has 1 aliphatic heterocycles. The van der Waals surface area contributed by atoms with E-state index < -0.39 is 5.95 Å². The number of halogens is 1. The second kappa shape index (κ2) is 4.74. The van der Waals surface area contributed by atoms with E-state index in [-0.39, 0.29) is 0 Å². The Morgan fingerprint density at radius 3 is 3.00 bits per heavy atom. The Morgan fingerprint density at radius 1 is 1.56 bits per heavy atom. The lowest BCUT2D eigenvalue weighted by molar-refractivity contribution is 0.314. The zero-order chi connectivity index (χ0) is 11.5. The van der Waals surface area contributed by atoms with E-state index in [1.165, 1.54) is 25.2 Å². The zero-order valence-electron chi connectivity index (χ0n) is 9.73. The van der Waals surface area contributed by atoms with Gasteiger partial charge in [-0.3, -0.25) is 0 Å². The SMILES string of the molecule is CN(CC1CCCN1C)c1cc(F)ncn1. The highest BCUT2D eigenvalue weighted by Crippen LogP contribution is 2.17. The number of hydrogen-bond acceptors (Lipinski definition) is 4. The van der Waals surface area contributed by atoms with Crippen LogP contribution in [0.5, 0.6) is 0 Å². The van der Waals surface area contributed by atoms with Gasteiger partial charge in [-0.2, -0.15) is 4.39 Å². The van der Waals surface area contributed by atoms with Gasteiger partial charge in [0.25, 0.3) is 0 Å². The molecule has 0 bridgehead atoms. The van der Waals surface area contributed by atoms with Gasteiger partial charge in [-0.15, -0.1) is 0 Å². The summed E-state index contributed by atoms with van der Waals surface area (Å²) in [7, 11) is 4.07. The molecule has 5 heteroatoms. The van der Waals surface area contributed by atoms with Crippen LogP contribution in [0, 0.1) is 5.95 Å². The first-order valence-corrected chi connectivity index (χ1v) is 5.56. The minimum atomic E-state index is -0.475. The van der Waals surface area contributed by atoms with Crippen LogP contribution in [-0.2, 0) is 0 Å². The molecule has 2 heterocycles. The molecule has 1 unspecified atom stereocenters. The molecule has 88 valence electrons. The minimum Gasteiger partial charge on any atom is -0.358 e. The molecule has 1 aromatic rings. The molecule has 1 aromatic heterocycles. The lowest BCUT2D eigenvalue weighted by Crippen LogP contribution is -2.37. The Labute approximate surface area is 95.1 Å². The summed E-state index contributed by atoms with van der Waals surface area (Å²) in [5.41, 5.74) is 0. The predicted molar refractivity (Wildman–Crippen MR) is 60.9 cm³/mol. The first-order chi connectivity index (χ1) is 7.66. The fraction of sp³-hybridized carbons (Fsp3) is 0.636. The van der Waals surface area contributed by atoms with E-state index in [1.807, 2.05) is 11.9 Å². The van der Waals surface area contributed by atoms with E-state index in [0.29, 0.717) is 11.9 Å². The molecule has 0 aliphatic carbocycles. The van der Waals surface area contributed by atoms with Crippen molar-refractivity contribution in [3.63, 3.8) is 0 Å². The Hall–Kier alpha value is -1.23. The van der Waals surface area contributed by atoms with Crippen LogP contribution >= 0.6 is 0 Å². The summed E-state index contributed by atoms with van der Waals surface area (Å²) in [6.07, 6.45) is 3.71. The van der Waals surface area contributed by atoms with Crippen LogP contribution in [0.1, 0.15) is 12.8 Å². The average Bonchev–Trinajstić information content (AvgIpc) is 2.64. The lowest BCUT2D eigenvalue weighted by atomic mass is 10.2. The van der Waals surface area contributed by atoms with Gasteiger partial charge in [0, 0.05) is 25.7 Å². The minimum absolute atomic E-state index is 0.475. The molecule has 2 rings (SSSR count). The molecule has 1 aliphatic rings. The van der Waals surface area contributed by atoms with Crippen molar-refractivity contribution in [2.24, 2.45) is 0 Å². The largest absolute Gasteiger partial charge is 0.358 e. The fourth-order valence-corrected chi connectivity index (χ4v) is 2.15. The lowest BCUT2D eigenvalue weighted by Gasteiger charge is -2.26. The molecular weight excluding hydrogens is 207 g/mol. The maximum atomic E-state index is 12.9. The van der Waals surface area contributed by atoms with Gasteiger partial charge in [-0.05, 0) is 26.4 Å². The topological polar surface area (TPSA) is 32.3 Å². The van der Waals surface area contributed by atoms with Gasteiger partial charge >= 0.3 is 0 Å². The number of aromatic nitrogens is 2. The molecule has 1 atom stereocenters. The van der Waals surface area contributed by atoms with Gasteiger partial charge in [0.2, 0.25) is 5.95 Å². The average molecular weight is 224 g/mol. The van der Waals surface area contributed by atoms with Gasteiger partial charge in [0.05, 0.1) is 0 Å². The molecule has 16 heavy (non-hydrogen) atoms. The molecule has 0 spiro atoms. The summed E-state index contributed by atoms with van der Waals surface area (Å²) in [6, 6.07) is 1.91. The number of nitrogens with zero attached hydrogens (tertiary/aromatic N) is 4. The van der Waals surface area contributed by atoms with E-state index in [2.05, 4.69) is 21.9 Å². The van der Waals surface area contributed by atoms with E-state index in [4.69, 9.17) is 0 Å². The van der Waals surface area contributed by atoms with Gasteiger partial charge in [0.1, 0.15) is 12.1 Å². The second-order valence-electron chi connectivity index (χ2n) is 4.36. The maximum absolute atomic E-state index is 12.9. The van der Waals surface area contributed by atoms with Gasteiger partial charge in [0.15, 0.2) is 0 Å². The Balaban J connectivity index is 1.99. The molecule has 0 N–H and O–H groups in total. The molecular formula is C11H17FN4. The van der Waals surface area contributed by atoms with Crippen molar-refractivity contribution < 1.29 is 4.39 Å². The second-order valence-corrected chi connectivity index (χ2v) is 4.36. The van der Waals surface area contributed by atoms with Crippen LogP contribution < -0.4 is 4.90 Å². The van der Waals surface area contributed by atoms with Crippen molar-refractivity contribution in [1.29, 1.82) is 0 Å². The zero-order valence-corrected chi connectivity index (χ0v) is 9.73. The number of likely N-dealkylation sites (N-methyl/N-ethyl adjacent to an activating group) is 2. The summed E-state index contributed by atoms with van der Waals surface area (Å²) in [4.78, 5) is 11.8. The summed E-state index contributed by atoms with van der Waals surface area (Å²) >= 11 is 0. The standard InChI is InChI=1S/C11H17FN4/c1-15-5-3-4-9(15)7-16(2)11-6-10(12)13-8-14-11/h6,8-9H,3-5,7H2,1-2H3. The smallest absolute Gasteiger partial charge is 0.218 e. The molecule has 0 saturated carbocycles. The van der Waals surface area contributed by atoms with Crippen molar-refractivity contribution in [1.82, 2.24) is 14.9 Å². The van der Waals surface area contributed by atoms with Gasteiger partial charge in [-0.25, -0.2) is 9.97 Å². The third-order valence-corrected chi connectivity index (χ3v) is 3.17. The molecule has 1 saturated heterocycles. The summed E-state index contributed by atoms with van der Waals surface area (Å²) in [5.74, 6) is 0.171. The van der Waals surface area contributed by atoms with Crippen molar-refractivity contribution in [3.05, 3.63) is 18.3 Å². The molecule has 4 nitrogen and oxygen atoms in total. The van der Waals surface area contributed by atoms with Crippen LogP contribution in [0.15, 0.2) is 12.4 Å². The number of anilines is 1. The molecule has 0 radical (unpaired) electrons. The third-order valence-electron chi connectivity index (χ3n) is 3.17. The fourth-order valence-electron chi connectivity index (χ4n) is 2.15. The first kappa shape index (κ1) is 11.3. The van der Waals surface area contributed by atoms with Crippen molar-refractivity contribution in [3.8, 4) is 0 Å². The van der Waals surface area contributed by atoms with Crippen LogP contribution in [0.2, 0.25) is 0 Å². The molecule has 1 fully saturated rings. The Bertz CT molecular complexity index is 358. The quantitative estimate of drug-likeness (QED) is 0.721. The maximum Gasteiger partial charge on any atom is 0.218 e. The number of likely N-dealkylation sites (tertiary alicyclic amines) is 1. The first-order valence-electron chi connectivity index (χ1n) is 5.56. The van der Waals surface area contributed by atoms with Crippen LogP contribution in [0.3, 0.4) is 0 Å². The number of hydrogen-bond donors (Lipinski definition) is 0. The molecule has 0 aromatic carbocycles. The summed E-state index contributed by atoms with van der Waals surface area (Å²) in [5, 5.41) is 0. The highest BCUT2D eigenvalue weighted by molar-refractivity contribution is 5.35. The van der Waals surface area contributed by atoms with Crippen LogP contribution in [0.25, 0.3) is 0 Å². The monoisotopic (exact) mass is 224 g/mol. The van der Waals surface area contributed by atoms with E-state index in [1.54, 1.807) is 0 Å². The van der Waals surface area contributed by atoms with E-state index >= 15 is 0 Å². The highest BCUT2D eigenvalue weighted by Gasteiger charge is 2.22. The van der Waals surface area contributed by atoms with E-state index in [9.17, 15) is 4.39 Å². The van der Waals surface area contributed by atoms with Crippen LogP contribution in [0.4, 0.5) is 10.2 Å². The number of rotatable bonds is 3. The van der Waals surface area contributed by atoms with E-state index in [0.717, 1.165) is 13.1 Å². The van der Waals surface area contributed by atoms with Crippen molar-refractivity contribution in [2.45, 2.75) is 18.9 Å². The summed E-state index contributed by atoms with van der Waals surface area (Å²) in [6.45, 7) is 2.03. The summed E-state index contributed by atoms with van der Waals surface area (Å²) < 4.78 is 12.9. The van der Waals surface area contributed by atoms with Crippen molar-refractivity contribution >= 4 is 5.82 Å². The molecule has 0 amide bonds. The third kappa shape index (κ3) is 2.47. The van der Waals surface area contributed by atoms with Crippen molar-refractivity contribution in [2.75, 3.05) is 32.1 Å². The Kier molecular flexibility index (Phi) is 3.33. The van der Waals surface area contributed by atoms with Gasteiger partial charge in [-0.1, -0.05) is 0 Å². The van der Waals surface area contributed by atoms with Crippen LogP contribution in [-0.4, -0.2) is 48.1 Å².